The van der Waals surface area contributed by atoms with Gasteiger partial charge in [0.1, 0.15) is 23.7 Å². The van der Waals surface area contributed by atoms with Crippen molar-refractivity contribution in [1.29, 1.82) is 0 Å². The van der Waals surface area contributed by atoms with Crippen molar-refractivity contribution in [2.45, 2.75) is 58.6 Å². The molecule has 1 aromatic carbocycles. The van der Waals surface area contributed by atoms with Gasteiger partial charge in [-0.05, 0) is 61.3 Å². The van der Waals surface area contributed by atoms with Crippen LogP contribution in [0.5, 0.6) is 11.5 Å². The Morgan fingerprint density at radius 2 is 2.04 bits per heavy atom. The summed E-state index contributed by atoms with van der Waals surface area (Å²) in [7, 11) is 0. The summed E-state index contributed by atoms with van der Waals surface area (Å²) in [6.07, 6.45) is 3.05. The van der Waals surface area contributed by atoms with Crippen LogP contribution in [-0.4, -0.2) is 18.2 Å². The molecular weight excluding hydrogens is 286 g/mol. The van der Waals surface area contributed by atoms with E-state index in [4.69, 9.17) is 15.2 Å². The van der Waals surface area contributed by atoms with Gasteiger partial charge in [-0.25, -0.2) is 0 Å². The smallest absolute Gasteiger partial charge is 0.134 e. The fourth-order valence-electron chi connectivity index (χ4n) is 4.92. The van der Waals surface area contributed by atoms with Gasteiger partial charge in [0.15, 0.2) is 0 Å². The summed E-state index contributed by atoms with van der Waals surface area (Å²) in [6, 6.07) is 2.38. The zero-order chi connectivity index (χ0) is 16.6. The molecule has 3 atom stereocenters. The lowest BCUT2D eigenvalue weighted by atomic mass is 9.57. The third kappa shape index (κ3) is 1.92. The van der Waals surface area contributed by atoms with Crippen LogP contribution in [0, 0.1) is 18.3 Å². The van der Waals surface area contributed by atoms with Crippen LogP contribution in [0.2, 0.25) is 0 Å². The van der Waals surface area contributed by atoms with E-state index < -0.39 is 0 Å². The van der Waals surface area contributed by atoms with E-state index in [1.807, 2.05) is 0 Å². The lowest BCUT2D eigenvalue weighted by Crippen LogP contribution is -2.60. The van der Waals surface area contributed by atoms with E-state index in [1.165, 1.54) is 11.1 Å². The number of hydrogen-bond acceptors (Lipinski definition) is 3. The highest BCUT2D eigenvalue weighted by atomic mass is 16.5. The number of rotatable bonds is 0. The fourth-order valence-corrected chi connectivity index (χ4v) is 4.92. The number of hydrogen-bond donors (Lipinski definition) is 1. The van der Waals surface area contributed by atoms with E-state index in [1.54, 1.807) is 0 Å². The van der Waals surface area contributed by atoms with Crippen LogP contribution in [0.4, 0.5) is 0 Å². The van der Waals surface area contributed by atoms with E-state index >= 15 is 0 Å². The summed E-state index contributed by atoms with van der Waals surface area (Å²) in [6.45, 7) is 13.8. The molecule has 3 aliphatic rings. The molecule has 0 spiro atoms. The average molecular weight is 313 g/mol. The predicted octanol–water partition coefficient (Wildman–Crippen LogP) is 3.86. The maximum absolute atomic E-state index is 6.71. The Kier molecular flexibility index (Phi) is 2.97. The summed E-state index contributed by atoms with van der Waals surface area (Å²) in [4.78, 5) is 0. The average Bonchev–Trinajstić information content (AvgIpc) is 2.84. The first-order valence-electron chi connectivity index (χ1n) is 8.66. The normalized spacial score (nSPS) is 34.0. The molecule has 2 aliphatic heterocycles. The molecule has 0 bridgehead atoms. The van der Waals surface area contributed by atoms with Gasteiger partial charge >= 0.3 is 0 Å². The minimum atomic E-state index is -0.156. The van der Waals surface area contributed by atoms with Crippen LogP contribution in [0.1, 0.15) is 50.3 Å². The molecule has 0 radical (unpaired) electrons. The van der Waals surface area contributed by atoms with Crippen molar-refractivity contribution in [3.63, 3.8) is 0 Å². The Labute approximate surface area is 138 Å². The Balaban J connectivity index is 1.88. The lowest BCUT2D eigenvalue weighted by Gasteiger charge is -2.56. The van der Waals surface area contributed by atoms with Gasteiger partial charge in [0.2, 0.25) is 0 Å². The third-order valence-corrected chi connectivity index (χ3v) is 6.61. The lowest BCUT2D eigenvalue weighted by molar-refractivity contribution is -0.0906. The van der Waals surface area contributed by atoms with Crippen LogP contribution in [0.15, 0.2) is 12.6 Å². The standard InChI is InChI=1S/C20H27NO2/c1-11-8-14-17(12(2)10-22-14)18-13(11)9-15-19(3,4)16(21)6-7-20(15,5)23-18/h8,15-16H,2,6-7,9-10,21H2,1,3-5H3. The second-order valence-electron chi connectivity index (χ2n) is 8.40. The summed E-state index contributed by atoms with van der Waals surface area (Å²) < 4.78 is 12.5. The molecule has 124 valence electrons. The van der Waals surface area contributed by atoms with Gasteiger partial charge in [-0.3, -0.25) is 0 Å². The molecule has 3 nitrogen and oxygen atoms in total. The van der Waals surface area contributed by atoms with Crippen molar-refractivity contribution in [2.24, 2.45) is 17.1 Å². The first-order valence-corrected chi connectivity index (χ1v) is 8.66. The Morgan fingerprint density at radius 3 is 2.78 bits per heavy atom. The summed E-state index contributed by atoms with van der Waals surface area (Å²) in [5.41, 5.74) is 11.1. The van der Waals surface area contributed by atoms with E-state index in [0.29, 0.717) is 12.5 Å². The molecule has 23 heavy (non-hydrogen) atoms. The minimum Gasteiger partial charge on any atom is -0.488 e. The molecule has 3 unspecified atom stereocenters. The summed E-state index contributed by atoms with van der Waals surface area (Å²) in [5.74, 6) is 2.38. The second-order valence-corrected chi connectivity index (χ2v) is 8.40. The Hall–Kier alpha value is -1.48. The molecular formula is C20H27NO2. The van der Waals surface area contributed by atoms with E-state index in [0.717, 1.165) is 41.9 Å². The first-order chi connectivity index (χ1) is 10.7. The largest absolute Gasteiger partial charge is 0.488 e. The Bertz CT molecular complexity index is 706. The van der Waals surface area contributed by atoms with Gasteiger partial charge in [-0.2, -0.15) is 0 Å². The number of ether oxygens (including phenoxy) is 2. The number of aryl methyl sites for hydroxylation is 1. The van der Waals surface area contributed by atoms with Gasteiger partial charge in [-0.15, -0.1) is 0 Å². The summed E-state index contributed by atoms with van der Waals surface area (Å²) >= 11 is 0. The van der Waals surface area contributed by atoms with Gasteiger partial charge in [0.25, 0.3) is 0 Å². The highest BCUT2D eigenvalue weighted by Crippen LogP contribution is 2.56. The monoisotopic (exact) mass is 313 g/mol. The second kappa shape index (κ2) is 4.54. The van der Waals surface area contributed by atoms with Crippen molar-refractivity contribution in [2.75, 3.05) is 6.61 Å². The van der Waals surface area contributed by atoms with Crippen molar-refractivity contribution in [1.82, 2.24) is 0 Å². The van der Waals surface area contributed by atoms with Gasteiger partial charge in [-0.1, -0.05) is 20.4 Å². The molecule has 1 aliphatic carbocycles. The molecule has 1 aromatic rings. The van der Waals surface area contributed by atoms with Crippen molar-refractivity contribution in [3.05, 3.63) is 29.3 Å². The highest BCUT2D eigenvalue weighted by Gasteiger charge is 2.54. The van der Waals surface area contributed by atoms with Crippen LogP contribution in [-0.2, 0) is 6.42 Å². The Morgan fingerprint density at radius 1 is 1.30 bits per heavy atom. The van der Waals surface area contributed by atoms with Crippen molar-refractivity contribution < 1.29 is 9.47 Å². The van der Waals surface area contributed by atoms with Gasteiger partial charge in [0.05, 0.1) is 5.56 Å². The van der Waals surface area contributed by atoms with Crippen LogP contribution in [0.25, 0.3) is 5.57 Å². The topological polar surface area (TPSA) is 44.5 Å². The van der Waals surface area contributed by atoms with Crippen molar-refractivity contribution >= 4 is 5.57 Å². The summed E-state index contributed by atoms with van der Waals surface area (Å²) in [5, 5.41) is 0. The minimum absolute atomic E-state index is 0.0731. The molecule has 0 aromatic heterocycles. The van der Waals surface area contributed by atoms with Gasteiger partial charge in [0, 0.05) is 12.0 Å². The predicted molar refractivity (Wildman–Crippen MR) is 92.9 cm³/mol. The van der Waals surface area contributed by atoms with Crippen LogP contribution in [0.3, 0.4) is 0 Å². The van der Waals surface area contributed by atoms with E-state index in [9.17, 15) is 0 Å². The third-order valence-electron chi connectivity index (χ3n) is 6.61. The number of fused-ring (bicyclic) bond motifs is 4. The van der Waals surface area contributed by atoms with E-state index in [2.05, 4.69) is 40.3 Å². The molecule has 0 saturated heterocycles. The molecule has 4 rings (SSSR count). The molecule has 1 fully saturated rings. The molecule has 2 N–H and O–H groups in total. The van der Waals surface area contributed by atoms with E-state index in [-0.39, 0.29) is 17.1 Å². The maximum atomic E-state index is 6.71. The zero-order valence-corrected chi connectivity index (χ0v) is 14.7. The SMILES string of the molecule is C=C1COc2cc(C)c3c(c21)OC1(C)CCC(N)C(C)(C)C1C3. The number of benzene rings is 1. The molecule has 3 heteroatoms. The van der Waals surface area contributed by atoms with Crippen molar-refractivity contribution in [3.8, 4) is 11.5 Å². The highest BCUT2D eigenvalue weighted by molar-refractivity contribution is 5.80. The molecule has 0 amide bonds. The quantitative estimate of drug-likeness (QED) is 0.791. The van der Waals surface area contributed by atoms with Crippen LogP contribution >= 0.6 is 0 Å². The number of nitrogens with two attached hydrogens (primary N) is 1. The zero-order valence-electron chi connectivity index (χ0n) is 14.7. The van der Waals surface area contributed by atoms with Gasteiger partial charge < -0.3 is 15.2 Å². The molecule has 2 heterocycles. The first kappa shape index (κ1) is 15.1. The maximum Gasteiger partial charge on any atom is 0.134 e. The van der Waals surface area contributed by atoms with Crippen LogP contribution < -0.4 is 15.2 Å². The molecule has 1 saturated carbocycles. The fraction of sp³-hybridized carbons (Fsp3) is 0.600.